The number of carbonyl (C=O) groups is 1. The predicted octanol–water partition coefficient (Wildman–Crippen LogP) is 2.81. The van der Waals surface area contributed by atoms with Gasteiger partial charge in [-0.25, -0.2) is 0 Å². The minimum atomic E-state index is -0.156. The molecule has 6 nitrogen and oxygen atoms in total. The summed E-state index contributed by atoms with van der Waals surface area (Å²) in [6, 6.07) is 10.8. The van der Waals surface area contributed by atoms with Crippen molar-refractivity contribution >= 4 is 23.2 Å². The van der Waals surface area contributed by atoms with Crippen LogP contribution in [0.2, 0.25) is 5.02 Å². The number of anilines is 1. The average molecular weight is 349 g/mol. The maximum atomic E-state index is 12.0. The molecule has 2 aromatic carbocycles. The zero-order valence-electron chi connectivity index (χ0n) is 13.1. The molecule has 0 atom stereocenters. The first-order valence-corrected chi connectivity index (χ1v) is 7.76. The lowest BCUT2D eigenvalue weighted by molar-refractivity contribution is -0.115. The Labute approximate surface area is 144 Å². The number of halogens is 1. The Balaban J connectivity index is 1.48. The molecule has 24 heavy (non-hydrogen) atoms. The lowest BCUT2D eigenvalue weighted by Crippen LogP contribution is -2.27. The SMILES string of the molecule is COc1ccc(NC(=O)CNCc2ccc3c(c2)OCO3)cc1Cl. The fourth-order valence-electron chi connectivity index (χ4n) is 2.32. The number of fused-ring (bicyclic) bond motifs is 1. The van der Waals surface area contributed by atoms with Gasteiger partial charge in [-0.2, -0.15) is 0 Å². The van der Waals surface area contributed by atoms with Gasteiger partial charge in [0.1, 0.15) is 5.75 Å². The third-order valence-electron chi connectivity index (χ3n) is 3.49. The molecular weight excluding hydrogens is 332 g/mol. The number of rotatable bonds is 6. The highest BCUT2D eigenvalue weighted by Gasteiger charge is 2.13. The molecule has 0 bridgehead atoms. The van der Waals surface area contributed by atoms with E-state index >= 15 is 0 Å². The van der Waals surface area contributed by atoms with Crippen LogP contribution in [-0.4, -0.2) is 26.4 Å². The second-order valence-corrected chi connectivity index (χ2v) is 5.60. The molecule has 7 heteroatoms. The molecule has 1 aliphatic heterocycles. The Kier molecular flexibility index (Phi) is 5.08. The molecule has 0 saturated carbocycles. The van der Waals surface area contributed by atoms with Gasteiger partial charge in [-0.15, -0.1) is 0 Å². The van der Waals surface area contributed by atoms with E-state index in [1.807, 2.05) is 18.2 Å². The maximum Gasteiger partial charge on any atom is 0.238 e. The monoisotopic (exact) mass is 348 g/mol. The van der Waals surface area contributed by atoms with Gasteiger partial charge in [-0.1, -0.05) is 17.7 Å². The molecule has 0 aliphatic carbocycles. The minimum Gasteiger partial charge on any atom is -0.495 e. The second kappa shape index (κ2) is 7.42. The largest absolute Gasteiger partial charge is 0.495 e. The topological polar surface area (TPSA) is 68.8 Å². The first-order chi connectivity index (χ1) is 11.7. The van der Waals surface area contributed by atoms with Gasteiger partial charge in [-0.05, 0) is 35.9 Å². The fourth-order valence-corrected chi connectivity index (χ4v) is 2.58. The van der Waals surface area contributed by atoms with E-state index < -0.39 is 0 Å². The van der Waals surface area contributed by atoms with Crippen LogP contribution in [0.4, 0.5) is 5.69 Å². The number of amides is 1. The summed E-state index contributed by atoms with van der Waals surface area (Å²) in [5.41, 5.74) is 1.63. The van der Waals surface area contributed by atoms with Gasteiger partial charge >= 0.3 is 0 Å². The standard InChI is InChI=1S/C17H17ClN2O4/c1-22-14-5-3-12(7-13(14)18)20-17(21)9-19-8-11-2-4-15-16(6-11)24-10-23-15/h2-7,19H,8-10H2,1H3,(H,20,21). The molecule has 3 rings (SSSR count). The van der Waals surface area contributed by atoms with Gasteiger partial charge in [0.2, 0.25) is 12.7 Å². The number of hydrogen-bond donors (Lipinski definition) is 2. The van der Waals surface area contributed by atoms with Crippen LogP contribution in [0.15, 0.2) is 36.4 Å². The quantitative estimate of drug-likeness (QED) is 0.840. The number of carbonyl (C=O) groups excluding carboxylic acids is 1. The van der Waals surface area contributed by atoms with E-state index in [1.165, 1.54) is 0 Å². The van der Waals surface area contributed by atoms with Crippen molar-refractivity contribution in [2.24, 2.45) is 0 Å². The maximum absolute atomic E-state index is 12.0. The molecule has 0 aromatic heterocycles. The molecule has 1 heterocycles. The zero-order valence-corrected chi connectivity index (χ0v) is 13.9. The van der Waals surface area contributed by atoms with Crippen molar-refractivity contribution in [3.63, 3.8) is 0 Å². The molecule has 0 spiro atoms. The van der Waals surface area contributed by atoms with Gasteiger partial charge in [0.25, 0.3) is 0 Å². The van der Waals surface area contributed by atoms with Crippen LogP contribution in [0.1, 0.15) is 5.56 Å². The van der Waals surface area contributed by atoms with Gasteiger partial charge in [0.15, 0.2) is 11.5 Å². The Bertz CT molecular complexity index is 751. The van der Waals surface area contributed by atoms with Crippen molar-refractivity contribution < 1.29 is 19.0 Å². The average Bonchev–Trinajstić information content (AvgIpc) is 3.03. The van der Waals surface area contributed by atoms with E-state index in [9.17, 15) is 4.79 Å². The lowest BCUT2D eigenvalue weighted by atomic mass is 10.2. The van der Waals surface area contributed by atoms with E-state index in [2.05, 4.69) is 10.6 Å². The fraction of sp³-hybridized carbons (Fsp3) is 0.235. The zero-order chi connectivity index (χ0) is 16.9. The third-order valence-corrected chi connectivity index (χ3v) is 3.78. The Hall–Kier alpha value is -2.44. The van der Waals surface area contributed by atoms with Gasteiger partial charge in [0, 0.05) is 12.2 Å². The van der Waals surface area contributed by atoms with Crippen LogP contribution in [0.25, 0.3) is 0 Å². The third kappa shape index (κ3) is 3.90. The van der Waals surface area contributed by atoms with Crippen molar-refractivity contribution in [1.82, 2.24) is 5.32 Å². The van der Waals surface area contributed by atoms with E-state index in [0.29, 0.717) is 23.0 Å². The smallest absolute Gasteiger partial charge is 0.238 e. The Morgan fingerprint density at radius 3 is 2.83 bits per heavy atom. The second-order valence-electron chi connectivity index (χ2n) is 5.19. The Morgan fingerprint density at radius 1 is 1.21 bits per heavy atom. The summed E-state index contributed by atoms with van der Waals surface area (Å²) in [6.45, 7) is 0.977. The van der Waals surface area contributed by atoms with Crippen LogP contribution >= 0.6 is 11.6 Å². The number of nitrogens with one attached hydrogen (secondary N) is 2. The molecule has 0 fully saturated rings. The normalized spacial score (nSPS) is 12.1. The molecule has 2 aromatic rings. The lowest BCUT2D eigenvalue weighted by Gasteiger charge is -2.09. The summed E-state index contributed by atoms with van der Waals surface area (Å²) < 4.78 is 15.7. The van der Waals surface area contributed by atoms with Crippen LogP contribution in [0.5, 0.6) is 17.2 Å². The summed E-state index contributed by atoms with van der Waals surface area (Å²) in [5, 5.41) is 6.31. The van der Waals surface area contributed by atoms with Crippen molar-refractivity contribution in [3.05, 3.63) is 47.0 Å². The molecular formula is C17H17ClN2O4. The summed E-state index contributed by atoms with van der Waals surface area (Å²) in [7, 11) is 1.54. The van der Waals surface area contributed by atoms with E-state index in [-0.39, 0.29) is 19.2 Å². The highest BCUT2D eigenvalue weighted by Crippen LogP contribution is 2.32. The summed E-state index contributed by atoms with van der Waals surface area (Å²) in [5.74, 6) is 1.88. The van der Waals surface area contributed by atoms with Crippen LogP contribution < -0.4 is 24.8 Å². The molecule has 1 aliphatic rings. The van der Waals surface area contributed by atoms with Crippen molar-refractivity contribution in [1.29, 1.82) is 0 Å². The van der Waals surface area contributed by atoms with Crippen molar-refractivity contribution in [3.8, 4) is 17.2 Å². The van der Waals surface area contributed by atoms with Crippen LogP contribution in [0.3, 0.4) is 0 Å². The van der Waals surface area contributed by atoms with Gasteiger partial charge in [0.05, 0.1) is 18.7 Å². The van der Waals surface area contributed by atoms with E-state index in [4.69, 9.17) is 25.8 Å². The van der Waals surface area contributed by atoms with Gasteiger partial charge in [-0.3, -0.25) is 4.79 Å². The molecule has 1 amide bonds. The first kappa shape index (κ1) is 16.4. The predicted molar refractivity (Wildman–Crippen MR) is 90.9 cm³/mol. The molecule has 126 valence electrons. The highest BCUT2D eigenvalue weighted by atomic mass is 35.5. The molecule has 0 radical (unpaired) electrons. The van der Waals surface area contributed by atoms with E-state index in [1.54, 1.807) is 25.3 Å². The van der Waals surface area contributed by atoms with Crippen molar-refractivity contribution in [2.75, 3.05) is 25.8 Å². The molecule has 0 saturated heterocycles. The number of ether oxygens (including phenoxy) is 3. The number of methoxy groups -OCH3 is 1. The van der Waals surface area contributed by atoms with Crippen molar-refractivity contribution in [2.45, 2.75) is 6.54 Å². The first-order valence-electron chi connectivity index (χ1n) is 7.38. The highest BCUT2D eigenvalue weighted by molar-refractivity contribution is 6.32. The van der Waals surface area contributed by atoms with Gasteiger partial charge < -0.3 is 24.8 Å². The summed E-state index contributed by atoms with van der Waals surface area (Å²) >= 11 is 6.03. The molecule has 0 unspecified atom stereocenters. The minimum absolute atomic E-state index is 0.156. The molecule has 2 N–H and O–H groups in total. The summed E-state index contributed by atoms with van der Waals surface area (Å²) in [4.78, 5) is 12.0. The summed E-state index contributed by atoms with van der Waals surface area (Å²) in [6.07, 6.45) is 0. The van der Waals surface area contributed by atoms with E-state index in [0.717, 1.165) is 17.1 Å². The number of benzene rings is 2. The number of hydrogen-bond acceptors (Lipinski definition) is 5. The van der Waals surface area contributed by atoms with Crippen LogP contribution in [0, 0.1) is 0 Å². The van der Waals surface area contributed by atoms with Crippen LogP contribution in [-0.2, 0) is 11.3 Å². The Morgan fingerprint density at radius 2 is 2.04 bits per heavy atom.